The molecule has 1 aromatic carbocycles. The van der Waals surface area contributed by atoms with Crippen LogP contribution in [0.3, 0.4) is 0 Å². The molecule has 0 aliphatic carbocycles. The Hall–Kier alpha value is -3.09. The molecule has 0 saturated heterocycles. The molecule has 2 aliphatic heterocycles. The summed E-state index contributed by atoms with van der Waals surface area (Å²) >= 11 is 0. The van der Waals surface area contributed by atoms with E-state index in [0.29, 0.717) is 17.0 Å². The van der Waals surface area contributed by atoms with Gasteiger partial charge in [-0.05, 0) is 26.0 Å². The fourth-order valence-corrected chi connectivity index (χ4v) is 2.89. The number of esters is 2. The zero-order valence-corrected chi connectivity index (χ0v) is 13.9. The molecule has 1 aromatic rings. The molecule has 1 amide bonds. The predicted octanol–water partition coefficient (Wildman–Crippen LogP) is 1.04. The average Bonchev–Trinajstić information content (AvgIpc) is 2.96. The van der Waals surface area contributed by atoms with Crippen LogP contribution in [0.15, 0.2) is 52.9 Å². The average molecular weight is 342 g/mol. The largest absolute Gasteiger partial charge is 0.463 e. The van der Waals surface area contributed by atoms with Gasteiger partial charge in [-0.2, -0.15) is 0 Å². The third-order valence-corrected chi connectivity index (χ3v) is 4.02. The summed E-state index contributed by atoms with van der Waals surface area (Å²) in [6.45, 7) is 3.65. The van der Waals surface area contributed by atoms with E-state index in [1.165, 1.54) is 0 Å². The van der Waals surface area contributed by atoms with Gasteiger partial charge in [0.2, 0.25) is 0 Å². The van der Waals surface area contributed by atoms with E-state index in [4.69, 9.17) is 9.47 Å². The van der Waals surface area contributed by atoms with Crippen LogP contribution in [-0.4, -0.2) is 37.1 Å². The summed E-state index contributed by atoms with van der Waals surface area (Å²) in [6.07, 6.45) is 0. The highest BCUT2D eigenvalue weighted by atomic mass is 16.5. The van der Waals surface area contributed by atoms with E-state index in [-0.39, 0.29) is 24.4 Å². The van der Waals surface area contributed by atoms with Gasteiger partial charge in [0, 0.05) is 11.3 Å². The second-order valence-electron chi connectivity index (χ2n) is 5.63. The number of carbonyl (C=O) groups excluding carboxylic acids is 3. The minimum Gasteiger partial charge on any atom is -0.463 e. The second kappa shape index (κ2) is 6.80. The third kappa shape index (κ3) is 3.13. The van der Waals surface area contributed by atoms with E-state index >= 15 is 0 Å². The van der Waals surface area contributed by atoms with Crippen molar-refractivity contribution in [1.82, 2.24) is 10.6 Å². The number of allylic oxidation sites excluding steroid dienone is 1. The van der Waals surface area contributed by atoms with Gasteiger partial charge in [0.15, 0.2) is 0 Å². The number of dihydropyridines is 1. The van der Waals surface area contributed by atoms with E-state index in [1.54, 1.807) is 44.2 Å². The molecular weight excluding hydrogens is 324 g/mol. The first-order valence-corrected chi connectivity index (χ1v) is 7.94. The summed E-state index contributed by atoms with van der Waals surface area (Å²) in [7, 11) is 0. The summed E-state index contributed by atoms with van der Waals surface area (Å²) in [5.74, 6) is -1.54. The van der Waals surface area contributed by atoms with Gasteiger partial charge >= 0.3 is 11.9 Å². The summed E-state index contributed by atoms with van der Waals surface area (Å²) in [4.78, 5) is 37.1. The number of hydrogen-bond acceptors (Lipinski definition) is 6. The van der Waals surface area contributed by atoms with Crippen molar-refractivity contribution in [3.63, 3.8) is 0 Å². The Bertz CT molecular complexity index is 795. The highest BCUT2D eigenvalue weighted by molar-refractivity contribution is 6.03. The molecule has 7 heteroatoms. The van der Waals surface area contributed by atoms with Gasteiger partial charge in [0.1, 0.15) is 6.61 Å². The first-order chi connectivity index (χ1) is 12.0. The lowest BCUT2D eigenvalue weighted by Crippen LogP contribution is -2.46. The quantitative estimate of drug-likeness (QED) is 0.794. The molecule has 0 fully saturated rings. The van der Waals surface area contributed by atoms with Crippen LogP contribution in [0.25, 0.3) is 0 Å². The first-order valence-electron chi connectivity index (χ1n) is 7.94. The zero-order valence-electron chi connectivity index (χ0n) is 13.9. The van der Waals surface area contributed by atoms with Crippen LogP contribution < -0.4 is 10.6 Å². The van der Waals surface area contributed by atoms with Crippen LogP contribution in [0, 0.1) is 0 Å². The molecule has 0 aromatic heterocycles. The Balaban J connectivity index is 1.97. The number of benzene rings is 1. The van der Waals surface area contributed by atoms with Crippen molar-refractivity contribution >= 4 is 17.8 Å². The Morgan fingerprint density at radius 2 is 2.04 bits per heavy atom. The van der Waals surface area contributed by atoms with Gasteiger partial charge in [0.25, 0.3) is 5.91 Å². The fourth-order valence-electron chi connectivity index (χ4n) is 2.89. The van der Waals surface area contributed by atoms with Gasteiger partial charge in [0.05, 0.1) is 29.5 Å². The van der Waals surface area contributed by atoms with E-state index in [1.807, 2.05) is 0 Å². The molecule has 2 N–H and O–H groups in total. The lowest BCUT2D eigenvalue weighted by molar-refractivity contribution is -0.138. The molecule has 130 valence electrons. The minimum absolute atomic E-state index is 0.0827. The van der Waals surface area contributed by atoms with Gasteiger partial charge in [-0.15, -0.1) is 0 Å². The van der Waals surface area contributed by atoms with Crippen LogP contribution in [0.4, 0.5) is 0 Å². The summed E-state index contributed by atoms with van der Waals surface area (Å²) < 4.78 is 10.1. The van der Waals surface area contributed by atoms with Crippen LogP contribution in [0.1, 0.15) is 24.2 Å². The van der Waals surface area contributed by atoms with E-state index < -0.39 is 23.9 Å². The summed E-state index contributed by atoms with van der Waals surface area (Å²) in [6, 6.07) is 7.65. The predicted molar refractivity (Wildman–Crippen MR) is 88.1 cm³/mol. The maximum atomic E-state index is 12.6. The fraction of sp³-hybridized carbons (Fsp3) is 0.278. The zero-order chi connectivity index (χ0) is 18.0. The highest BCUT2D eigenvalue weighted by Crippen LogP contribution is 2.29. The maximum absolute atomic E-state index is 12.6. The molecule has 1 atom stereocenters. The Labute approximate surface area is 144 Å². The van der Waals surface area contributed by atoms with E-state index in [9.17, 15) is 14.4 Å². The second-order valence-corrected chi connectivity index (χ2v) is 5.63. The molecule has 3 rings (SSSR count). The normalized spacial score (nSPS) is 19.1. The number of hydrogen-bond donors (Lipinski definition) is 2. The van der Waals surface area contributed by atoms with Gasteiger partial charge in [-0.1, -0.05) is 18.2 Å². The lowest BCUT2D eigenvalue weighted by Gasteiger charge is -2.27. The summed E-state index contributed by atoms with van der Waals surface area (Å²) in [5.41, 5.74) is 1.93. The molecule has 7 nitrogen and oxygen atoms in total. The Morgan fingerprint density at radius 1 is 1.32 bits per heavy atom. The van der Waals surface area contributed by atoms with E-state index in [0.717, 1.165) is 0 Å². The van der Waals surface area contributed by atoms with Crippen LogP contribution in [0.5, 0.6) is 0 Å². The topological polar surface area (TPSA) is 93.7 Å². The summed E-state index contributed by atoms with van der Waals surface area (Å²) in [5, 5.41) is 5.76. The van der Waals surface area contributed by atoms with Gasteiger partial charge < -0.3 is 20.1 Å². The molecule has 2 aliphatic rings. The highest BCUT2D eigenvalue weighted by Gasteiger charge is 2.41. The van der Waals surface area contributed by atoms with Crippen molar-refractivity contribution in [2.75, 3.05) is 13.2 Å². The SMILES string of the molecule is CCOC(=O)C1=C(C)NC2=C(C(=O)OC2)C1NC(=O)c1ccccc1. The number of amides is 1. The Morgan fingerprint density at radius 3 is 2.72 bits per heavy atom. The van der Waals surface area contributed by atoms with Crippen molar-refractivity contribution in [3.05, 3.63) is 58.4 Å². The molecule has 0 bridgehead atoms. The van der Waals surface area contributed by atoms with Crippen LogP contribution in [0.2, 0.25) is 0 Å². The molecule has 2 heterocycles. The number of rotatable bonds is 4. The smallest absolute Gasteiger partial charge is 0.338 e. The number of carbonyl (C=O) groups is 3. The number of cyclic esters (lactones) is 1. The van der Waals surface area contributed by atoms with Gasteiger partial charge in [-0.3, -0.25) is 4.79 Å². The van der Waals surface area contributed by atoms with Crippen molar-refractivity contribution in [3.8, 4) is 0 Å². The van der Waals surface area contributed by atoms with Crippen molar-refractivity contribution in [2.45, 2.75) is 19.9 Å². The third-order valence-electron chi connectivity index (χ3n) is 4.02. The van der Waals surface area contributed by atoms with Crippen LogP contribution >= 0.6 is 0 Å². The monoisotopic (exact) mass is 342 g/mol. The molecule has 0 radical (unpaired) electrons. The lowest BCUT2D eigenvalue weighted by atomic mass is 9.92. The van der Waals surface area contributed by atoms with Crippen molar-refractivity contribution in [1.29, 1.82) is 0 Å². The maximum Gasteiger partial charge on any atom is 0.338 e. The van der Waals surface area contributed by atoms with Crippen molar-refractivity contribution < 1.29 is 23.9 Å². The molecule has 1 unspecified atom stereocenters. The number of nitrogens with one attached hydrogen (secondary N) is 2. The molecule has 0 saturated carbocycles. The molecule has 25 heavy (non-hydrogen) atoms. The standard InChI is InChI=1S/C18H18N2O5/c1-3-24-17(22)13-10(2)19-12-9-25-18(23)14(12)15(13)20-16(21)11-7-5-4-6-8-11/h4-8,15,19H,3,9H2,1-2H3,(H,20,21). The van der Waals surface area contributed by atoms with Gasteiger partial charge in [-0.25, -0.2) is 9.59 Å². The molecular formula is C18H18N2O5. The first kappa shape index (κ1) is 16.8. The Kier molecular flexibility index (Phi) is 4.56. The van der Waals surface area contributed by atoms with E-state index in [2.05, 4.69) is 10.6 Å². The van der Waals surface area contributed by atoms with Crippen molar-refractivity contribution in [2.24, 2.45) is 0 Å². The van der Waals surface area contributed by atoms with Crippen LogP contribution in [-0.2, 0) is 19.1 Å². The number of ether oxygens (including phenoxy) is 2. The minimum atomic E-state index is -0.919. The molecule has 0 spiro atoms.